The number of ether oxygens (including phenoxy) is 1. The van der Waals surface area contributed by atoms with Gasteiger partial charge >= 0.3 is 6.03 Å². The first kappa shape index (κ1) is 23.1. The van der Waals surface area contributed by atoms with E-state index in [4.69, 9.17) is 10.00 Å². The van der Waals surface area contributed by atoms with Crippen LogP contribution in [0.25, 0.3) is 0 Å². The largest absolute Gasteiger partial charge is 0.387 e. The number of pyridine rings is 2. The van der Waals surface area contributed by atoms with Crippen molar-refractivity contribution in [3.8, 4) is 6.07 Å². The number of carbonyl (C=O) groups is 3. The topological polar surface area (TPSA) is 141 Å². The summed E-state index contributed by atoms with van der Waals surface area (Å²) in [7, 11) is 3.19. The highest BCUT2D eigenvalue weighted by Gasteiger charge is 2.33. The van der Waals surface area contributed by atoms with Gasteiger partial charge in [-0.3, -0.25) is 19.8 Å². The molecule has 34 heavy (non-hydrogen) atoms. The van der Waals surface area contributed by atoms with Crippen LogP contribution in [0.3, 0.4) is 0 Å². The van der Waals surface area contributed by atoms with E-state index in [-0.39, 0.29) is 24.0 Å². The standard InChI is InChI=1S/C23H25N7O4/c1-25-17-9-20(26-11-16(17)10-24)28-23(33)30-6-3-4-14-8-15(18(13-31)27-21(14)30)12-29-7-5-19(34-2)22(29)32/h8-9,11,13,19H,3-7,12H2,1-2H3,(H2,25,26,28,33)/t19-/m0/s1. The lowest BCUT2D eigenvalue weighted by molar-refractivity contribution is -0.136. The van der Waals surface area contributed by atoms with Gasteiger partial charge in [0.15, 0.2) is 6.29 Å². The molecule has 0 unspecified atom stereocenters. The number of anilines is 3. The summed E-state index contributed by atoms with van der Waals surface area (Å²) >= 11 is 0. The van der Waals surface area contributed by atoms with E-state index in [0.717, 1.165) is 12.0 Å². The molecule has 4 heterocycles. The Morgan fingerprint density at radius 3 is 2.88 bits per heavy atom. The van der Waals surface area contributed by atoms with Crippen LogP contribution in [0.2, 0.25) is 0 Å². The summed E-state index contributed by atoms with van der Waals surface area (Å²) in [6.45, 7) is 1.24. The van der Waals surface area contributed by atoms with E-state index in [1.165, 1.54) is 18.2 Å². The Morgan fingerprint density at radius 1 is 1.38 bits per heavy atom. The third kappa shape index (κ3) is 4.40. The molecule has 0 aromatic carbocycles. The van der Waals surface area contributed by atoms with Gasteiger partial charge in [0.1, 0.15) is 29.5 Å². The fourth-order valence-corrected chi connectivity index (χ4v) is 4.27. The van der Waals surface area contributed by atoms with Crippen molar-refractivity contribution >= 4 is 35.5 Å². The lowest BCUT2D eigenvalue weighted by atomic mass is 10.0. The second kappa shape index (κ2) is 9.84. The number of likely N-dealkylation sites (tertiary alicyclic amines) is 1. The van der Waals surface area contributed by atoms with Gasteiger partial charge in [-0.05, 0) is 24.5 Å². The molecule has 1 atom stereocenters. The Morgan fingerprint density at radius 2 is 2.21 bits per heavy atom. The summed E-state index contributed by atoms with van der Waals surface area (Å²) in [5.74, 6) is 0.599. The molecule has 0 aliphatic carbocycles. The van der Waals surface area contributed by atoms with Crippen LogP contribution in [0.4, 0.5) is 22.1 Å². The quantitative estimate of drug-likeness (QED) is 0.619. The lowest BCUT2D eigenvalue weighted by Crippen LogP contribution is -2.40. The van der Waals surface area contributed by atoms with Gasteiger partial charge in [0.2, 0.25) is 0 Å². The molecule has 176 valence electrons. The maximum absolute atomic E-state index is 13.1. The average Bonchev–Trinajstić information content (AvgIpc) is 3.21. The van der Waals surface area contributed by atoms with Crippen molar-refractivity contribution in [2.45, 2.75) is 31.9 Å². The number of nitrogens with one attached hydrogen (secondary N) is 2. The molecule has 0 saturated carbocycles. The highest BCUT2D eigenvalue weighted by atomic mass is 16.5. The van der Waals surface area contributed by atoms with Gasteiger partial charge in [-0.15, -0.1) is 0 Å². The molecular formula is C23H25N7O4. The molecule has 2 aromatic heterocycles. The fraction of sp³-hybridized carbons (Fsp3) is 0.391. The predicted octanol–water partition coefficient (Wildman–Crippen LogP) is 1.93. The summed E-state index contributed by atoms with van der Waals surface area (Å²) in [5, 5.41) is 14.8. The molecule has 11 nitrogen and oxygen atoms in total. The van der Waals surface area contributed by atoms with Crippen LogP contribution in [-0.4, -0.2) is 66.4 Å². The van der Waals surface area contributed by atoms with E-state index < -0.39 is 12.1 Å². The van der Waals surface area contributed by atoms with Crippen molar-refractivity contribution in [2.75, 3.05) is 42.8 Å². The van der Waals surface area contributed by atoms with Crippen LogP contribution < -0.4 is 15.5 Å². The Kier molecular flexibility index (Phi) is 6.70. The molecular weight excluding hydrogens is 438 g/mol. The van der Waals surface area contributed by atoms with E-state index in [1.807, 2.05) is 12.1 Å². The van der Waals surface area contributed by atoms with Crippen molar-refractivity contribution in [1.82, 2.24) is 14.9 Å². The summed E-state index contributed by atoms with van der Waals surface area (Å²) in [5.41, 5.74) is 2.59. The summed E-state index contributed by atoms with van der Waals surface area (Å²) < 4.78 is 5.20. The van der Waals surface area contributed by atoms with Crippen LogP contribution in [-0.2, 0) is 22.5 Å². The van der Waals surface area contributed by atoms with Crippen molar-refractivity contribution in [3.63, 3.8) is 0 Å². The fourth-order valence-electron chi connectivity index (χ4n) is 4.27. The van der Waals surface area contributed by atoms with Gasteiger partial charge in [0, 0.05) is 58.0 Å². The van der Waals surface area contributed by atoms with Crippen LogP contribution in [0.15, 0.2) is 18.3 Å². The molecule has 4 rings (SSSR count). The van der Waals surface area contributed by atoms with Gasteiger partial charge < -0.3 is 15.0 Å². The zero-order valence-electron chi connectivity index (χ0n) is 19.0. The summed E-state index contributed by atoms with van der Waals surface area (Å²) in [6.07, 6.45) is 3.61. The van der Waals surface area contributed by atoms with Gasteiger partial charge in [-0.25, -0.2) is 14.8 Å². The Balaban J connectivity index is 1.57. The molecule has 2 aliphatic rings. The third-order valence-electron chi connectivity index (χ3n) is 6.05. The first-order valence-electron chi connectivity index (χ1n) is 10.9. The molecule has 3 amide bonds. The zero-order chi connectivity index (χ0) is 24.2. The number of urea groups is 1. The average molecular weight is 463 g/mol. The van der Waals surface area contributed by atoms with Crippen LogP contribution >= 0.6 is 0 Å². The Bertz CT molecular complexity index is 1180. The molecule has 11 heteroatoms. The summed E-state index contributed by atoms with van der Waals surface area (Å²) in [4.78, 5) is 49.1. The number of nitrogens with zero attached hydrogens (tertiary/aromatic N) is 5. The smallest absolute Gasteiger partial charge is 0.328 e. The highest BCUT2D eigenvalue weighted by Crippen LogP contribution is 2.29. The molecule has 2 N–H and O–H groups in total. The minimum absolute atomic E-state index is 0.103. The van der Waals surface area contributed by atoms with Crippen LogP contribution in [0.1, 0.15) is 40.0 Å². The predicted molar refractivity (Wildman–Crippen MR) is 124 cm³/mol. The molecule has 2 aromatic rings. The Labute approximate surface area is 196 Å². The molecule has 0 bridgehead atoms. The number of nitriles is 1. The first-order valence-corrected chi connectivity index (χ1v) is 10.9. The van der Waals surface area contributed by atoms with Gasteiger partial charge in [0.05, 0.1) is 11.3 Å². The molecule has 0 spiro atoms. The molecule has 0 radical (unpaired) electrons. The third-order valence-corrected chi connectivity index (χ3v) is 6.05. The van der Waals surface area contributed by atoms with Gasteiger partial charge in [0.25, 0.3) is 5.91 Å². The SMILES string of the molecule is CNc1cc(NC(=O)N2CCCc3cc(CN4CC[C@H](OC)C4=O)c(C=O)nc32)ncc1C#N. The maximum atomic E-state index is 13.1. The van der Waals surface area contributed by atoms with E-state index in [0.29, 0.717) is 54.8 Å². The van der Waals surface area contributed by atoms with E-state index >= 15 is 0 Å². The van der Waals surface area contributed by atoms with Crippen LogP contribution in [0.5, 0.6) is 0 Å². The molecule has 1 saturated heterocycles. The van der Waals surface area contributed by atoms with Crippen molar-refractivity contribution in [3.05, 3.63) is 40.7 Å². The lowest BCUT2D eigenvalue weighted by Gasteiger charge is -2.29. The minimum Gasteiger partial charge on any atom is -0.387 e. The maximum Gasteiger partial charge on any atom is 0.328 e. The molecule has 2 aliphatic heterocycles. The number of hydrogen-bond donors (Lipinski definition) is 2. The van der Waals surface area contributed by atoms with E-state index in [1.54, 1.807) is 18.0 Å². The number of rotatable bonds is 6. The second-order valence-corrected chi connectivity index (χ2v) is 8.07. The van der Waals surface area contributed by atoms with Gasteiger partial charge in [-0.2, -0.15) is 5.26 Å². The number of amides is 3. The molecule has 1 fully saturated rings. The first-order chi connectivity index (χ1) is 16.5. The number of aromatic nitrogens is 2. The van der Waals surface area contributed by atoms with Crippen LogP contribution in [0, 0.1) is 11.3 Å². The number of aldehydes is 1. The number of aryl methyl sites for hydroxylation is 1. The number of hydrogen-bond acceptors (Lipinski definition) is 8. The Hall–Kier alpha value is -4.04. The highest BCUT2D eigenvalue weighted by molar-refractivity contribution is 6.01. The number of methoxy groups -OCH3 is 1. The van der Waals surface area contributed by atoms with Crippen molar-refractivity contribution < 1.29 is 19.1 Å². The minimum atomic E-state index is -0.455. The summed E-state index contributed by atoms with van der Waals surface area (Å²) in [6, 6.07) is 5.04. The monoisotopic (exact) mass is 463 g/mol. The van der Waals surface area contributed by atoms with Crippen molar-refractivity contribution in [2.24, 2.45) is 0 Å². The van der Waals surface area contributed by atoms with E-state index in [9.17, 15) is 14.4 Å². The van der Waals surface area contributed by atoms with E-state index in [2.05, 4.69) is 20.6 Å². The normalized spacial score (nSPS) is 17.2. The number of fused-ring (bicyclic) bond motifs is 1. The van der Waals surface area contributed by atoms with Crippen molar-refractivity contribution in [1.29, 1.82) is 5.26 Å². The second-order valence-electron chi connectivity index (χ2n) is 8.07. The zero-order valence-corrected chi connectivity index (χ0v) is 19.0. The van der Waals surface area contributed by atoms with Gasteiger partial charge in [-0.1, -0.05) is 0 Å². The number of carbonyl (C=O) groups excluding carboxylic acids is 3.